The number of benzene rings is 2. The topological polar surface area (TPSA) is 88.8 Å². The van der Waals surface area contributed by atoms with Gasteiger partial charge in [0.25, 0.3) is 0 Å². The number of aromatic nitrogens is 3. The first-order chi connectivity index (χ1) is 11.7. The van der Waals surface area contributed by atoms with Crippen LogP contribution < -0.4 is 15.8 Å². The fourth-order valence-corrected chi connectivity index (χ4v) is 2.35. The molecule has 2 aromatic carbocycles. The van der Waals surface area contributed by atoms with E-state index in [1.165, 1.54) is 5.56 Å². The zero-order valence-electron chi connectivity index (χ0n) is 13.8. The lowest BCUT2D eigenvalue weighted by Crippen LogP contribution is -2.13. The van der Waals surface area contributed by atoms with Gasteiger partial charge in [-0.25, -0.2) is 4.98 Å². The summed E-state index contributed by atoms with van der Waals surface area (Å²) in [5.74, 6) is 2.15. The summed E-state index contributed by atoms with van der Waals surface area (Å²) in [7, 11) is 1.65. The Kier molecular flexibility index (Phi) is 4.77. The average molecular weight is 323 g/mol. The maximum Gasteiger partial charge on any atom is 0.171 e. The van der Waals surface area contributed by atoms with E-state index in [0.29, 0.717) is 12.4 Å². The largest absolute Gasteiger partial charge is 0.497 e. The summed E-state index contributed by atoms with van der Waals surface area (Å²) in [5.41, 5.74) is 9.42. The van der Waals surface area contributed by atoms with E-state index in [-0.39, 0.29) is 6.04 Å². The molecule has 0 aliphatic heterocycles. The molecule has 6 nitrogen and oxygen atoms in total. The van der Waals surface area contributed by atoms with Crippen molar-refractivity contribution in [3.8, 4) is 5.75 Å². The Morgan fingerprint density at radius 1 is 1.12 bits per heavy atom. The van der Waals surface area contributed by atoms with Crippen molar-refractivity contribution in [2.75, 3.05) is 12.4 Å². The molecule has 0 saturated carbocycles. The molecule has 0 bridgehead atoms. The Morgan fingerprint density at radius 3 is 2.50 bits per heavy atom. The molecule has 124 valence electrons. The first-order valence-electron chi connectivity index (χ1n) is 7.77. The highest BCUT2D eigenvalue weighted by Gasteiger charge is 2.14. The Morgan fingerprint density at radius 2 is 1.83 bits per heavy atom. The zero-order chi connectivity index (χ0) is 16.9. The number of nitrogens with one attached hydrogen (secondary N) is 2. The maximum absolute atomic E-state index is 6.24. The van der Waals surface area contributed by atoms with Crippen molar-refractivity contribution < 1.29 is 4.74 Å². The Balaban J connectivity index is 1.63. The molecule has 1 unspecified atom stereocenters. The molecule has 0 spiro atoms. The van der Waals surface area contributed by atoms with Crippen molar-refractivity contribution in [3.63, 3.8) is 0 Å². The molecule has 3 rings (SSSR count). The van der Waals surface area contributed by atoms with Crippen LogP contribution in [0.3, 0.4) is 0 Å². The number of H-pyrrole nitrogens is 1. The number of methoxy groups -OCH3 is 1. The van der Waals surface area contributed by atoms with Crippen LogP contribution in [0.1, 0.15) is 28.8 Å². The second-order valence-corrected chi connectivity index (χ2v) is 5.61. The van der Waals surface area contributed by atoms with Gasteiger partial charge in [-0.3, -0.25) is 5.10 Å². The highest BCUT2D eigenvalue weighted by molar-refractivity contribution is 5.46. The minimum absolute atomic E-state index is 0.336. The van der Waals surface area contributed by atoms with Crippen LogP contribution in [-0.2, 0) is 6.54 Å². The monoisotopic (exact) mass is 323 g/mol. The summed E-state index contributed by atoms with van der Waals surface area (Å²) < 4.78 is 5.14. The van der Waals surface area contributed by atoms with E-state index in [1.54, 1.807) is 7.11 Å². The number of nitrogens with zero attached hydrogens (tertiary/aromatic N) is 2. The molecule has 1 aromatic heterocycles. The van der Waals surface area contributed by atoms with Gasteiger partial charge in [0.2, 0.25) is 0 Å². The summed E-state index contributed by atoms with van der Waals surface area (Å²) in [6.45, 7) is 2.59. The van der Waals surface area contributed by atoms with Gasteiger partial charge < -0.3 is 15.8 Å². The van der Waals surface area contributed by atoms with Crippen LogP contribution in [0.25, 0.3) is 0 Å². The predicted molar refractivity (Wildman–Crippen MR) is 93.9 cm³/mol. The van der Waals surface area contributed by atoms with Crippen LogP contribution in [0, 0.1) is 6.92 Å². The van der Waals surface area contributed by atoms with E-state index in [0.717, 1.165) is 22.8 Å². The molecule has 0 fully saturated rings. The highest BCUT2D eigenvalue weighted by atomic mass is 16.5. The summed E-state index contributed by atoms with van der Waals surface area (Å²) in [4.78, 5) is 4.48. The fourth-order valence-electron chi connectivity index (χ4n) is 2.35. The molecular weight excluding hydrogens is 302 g/mol. The van der Waals surface area contributed by atoms with Gasteiger partial charge in [-0.1, -0.05) is 29.8 Å². The lowest BCUT2D eigenvalue weighted by atomic mass is 10.1. The molecule has 1 atom stereocenters. The smallest absolute Gasteiger partial charge is 0.171 e. The summed E-state index contributed by atoms with van der Waals surface area (Å²) in [6.07, 6.45) is 0. The maximum atomic E-state index is 6.24. The molecule has 6 heteroatoms. The molecule has 0 aliphatic carbocycles. The highest BCUT2D eigenvalue weighted by Crippen LogP contribution is 2.18. The van der Waals surface area contributed by atoms with E-state index in [2.05, 4.69) is 20.5 Å². The van der Waals surface area contributed by atoms with Crippen LogP contribution in [0.4, 0.5) is 5.69 Å². The molecule has 0 radical (unpaired) electrons. The van der Waals surface area contributed by atoms with Crippen LogP contribution >= 0.6 is 0 Å². The first kappa shape index (κ1) is 16.0. The predicted octanol–water partition coefficient (Wildman–Crippen LogP) is 2.78. The van der Waals surface area contributed by atoms with Crippen molar-refractivity contribution >= 4 is 5.69 Å². The molecule has 0 aliphatic rings. The molecule has 3 aromatic rings. The van der Waals surface area contributed by atoms with E-state index >= 15 is 0 Å². The third-order valence-corrected chi connectivity index (χ3v) is 3.81. The lowest BCUT2D eigenvalue weighted by Gasteiger charge is -2.08. The standard InChI is InChI=1S/C18H21N5O/c1-12-3-5-13(6-4-12)17(19)18-21-16(22-23-18)11-20-14-7-9-15(24-2)10-8-14/h3-10,17,20H,11,19H2,1-2H3,(H,21,22,23). The average Bonchev–Trinajstić information content (AvgIpc) is 3.09. The normalized spacial score (nSPS) is 12.0. The van der Waals surface area contributed by atoms with Crippen molar-refractivity contribution in [1.82, 2.24) is 15.2 Å². The van der Waals surface area contributed by atoms with E-state index in [9.17, 15) is 0 Å². The Hall–Kier alpha value is -2.86. The second-order valence-electron chi connectivity index (χ2n) is 5.61. The van der Waals surface area contributed by atoms with Crippen molar-refractivity contribution in [2.45, 2.75) is 19.5 Å². The number of aromatic amines is 1. The van der Waals surface area contributed by atoms with E-state index < -0.39 is 0 Å². The van der Waals surface area contributed by atoms with Gasteiger partial charge >= 0.3 is 0 Å². The third kappa shape index (κ3) is 3.72. The van der Waals surface area contributed by atoms with Gasteiger partial charge in [-0.05, 0) is 36.8 Å². The number of anilines is 1. The van der Waals surface area contributed by atoms with Crippen molar-refractivity contribution in [2.24, 2.45) is 5.73 Å². The number of hydrogen-bond donors (Lipinski definition) is 3. The third-order valence-electron chi connectivity index (χ3n) is 3.81. The Bertz CT molecular complexity index is 780. The van der Waals surface area contributed by atoms with Crippen LogP contribution in [0.15, 0.2) is 48.5 Å². The number of rotatable bonds is 6. The van der Waals surface area contributed by atoms with Crippen LogP contribution in [0.5, 0.6) is 5.75 Å². The van der Waals surface area contributed by atoms with Gasteiger partial charge in [-0.2, -0.15) is 5.10 Å². The molecular formula is C18H21N5O. The number of nitrogens with two attached hydrogens (primary N) is 1. The Labute approximate surface area is 141 Å². The fraction of sp³-hybridized carbons (Fsp3) is 0.222. The summed E-state index contributed by atoms with van der Waals surface area (Å²) >= 11 is 0. The number of aryl methyl sites for hydroxylation is 1. The summed E-state index contributed by atoms with van der Waals surface area (Å²) in [6, 6.07) is 15.5. The van der Waals surface area contributed by atoms with Gasteiger partial charge in [-0.15, -0.1) is 0 Å². The number of hydrogen-bond acceptors (Lipinski definition) is 5. The number of ether oxygens (including phenoxy) is 1. The minimum Gasteiger partial charge on any atom is -0.497 e. The first-order valence-corrected chi connectivity index (χ1v) is 7.77. The van der Waals surface area contributed by atoms with Crippen LogP contribution in [0.2, 0.25) is 0 Å². The zero-order valence-corrected chi connectivity index (χ0v) is 13.8. The van der Waals surface area contributed by atoms with E-state index in [1.807, 2.05) is 55.5 Å². The molecule has 0 saturated heterocycles. The van der Waals surface area contributed by atoms with E-state index in [4.69, 9.17) is 10.5 Å². The van der Waals surface area contributed by atoms with Crippen molar-refractivity contribution in [1.29, 1.82) is 0 Å². The van der Waals surface area contributed by atoms with Crippen molar-refractivity contribution in [3.05, 3.63) is 71.3 Å². The quantitative estimate of drug-likeness (QED) is 0.649. The SMILES string of the molecule is COc1ccc(NCc2nc(C(N)c3ccc(C)cc3)n[nH]2)cc1. The molecule has 0 amide bonds. The van der Waals surface area contributed by atoms with Gasteiger partial charge in [0.05, 0.1) is 19.7 Å². The van der Waals surface area contributed by atoms with Gasteiger partial charge in [0.15, 0.2) is 5.82 Å². The van der Waals surface area contributed by atoms with Gasteiger partial charge in [0, 0.05) is 5.69 Å². The molecule has 1 heterocycles. The second kappa shape index (κ2) is 7.14. The van der Waals surface area contributed by atoms with Gasteiger partial charge in [0.1, 0.15) is 11.6 Å². The van der Waals surface area contributed by atoms with Crippen LogP contribution in [-0.4, -0.2) is 22.3 Å². The minimum atomic E-state index is -0.336. The summed E-state index contributed by atoms with van der Waals surface area (Å²) in [5, 5.41) is 10.4. The molecule has 4 N–H and O–H groups in total. The molecule has 24 heavy (non-hydrogen) atoms. The lowest BCUT2D eigenvalue weighted by molar-refractivity contribution is 0.415.